The standard InChI is InChI=1S/C24H31N7.HI/c1-2-25-24(28-19-21-11-13-26-23(18-21)30-15-3-4-16-30)27-14-10-20-6-8-22(9-7-20)31-17-5-12-29-31;/h5-9,11-13,17-18H,2-4,10,14-16,19H2,1H3,(H2,25,27,28);1H. The summed E-state index contributed by atoms with van der Waals surface area (Å²) >= 11 is 0. The van der Waals surface area contributed by atoms with Gasteiger partial charge in [-0.25, -0.2) is 14.7 Å². The summed E-state index contributed by atoms with van der Waals surface area (Å²) in [5.74, 6) is 1.91. The van der Waals surface area contributed by atoms with Crippen molar-refractivity contribution in [2.24, 2.45) is 4.99 Å². The van der Waals surface area contributed by atoms with Crippen molar-refractivity contribution in [2.45, 2.75) is 32.7 Å². The molecule has 0 saturated carbocycles. The van der Waals surface area contributed by atoms with Gasteiger partial charge < -0.3 is 15.5 Å². The smallest absolute Gasteiger partial charge is 0.191 e. The van der Waals surface area contributed by atoms with Gasteiger partial charge in [0.1, 0.15) is 5.82 Å². The van der Waals surface area contributed by atoms with Crippen molar-refractivity contribution in [3.63, 3.8) is 0 Å². The van der Waals surface area contributed by atoms with E-state index < -0.39 is 0 Å². The molecule has 0 amide bonds. The summed E-state index contributed by atoms with van der Waals surface area (Å²) in [5, 5.41) is 11.1. The molecular weight excluding hydrogens is 513 g/mol. The zero-order chi connectivity index (χ0) is 21.3. The number of anilines is 1. The van der Waals surface area contributed by atoms with Crippen molar-refractivity contribution in [1.29, 1.82) is 0 Å². The second-order valence-corrected chi connectivity index (χ2v) is 7.71. The Balaban J connectivity index is 0.00000289. The summed E-state index contributed by atoms with van der Waals surface area (Å²) in [7, 11) is 0. The molecule has 2 N–H and O–H groups in total. The zero-order valence-corrected chi connectivity index (χ0v) is 20.9. The summed E-state index contributed by atoms with van der Waals surface area (Å²) in [6, 6.07) is 14.7. The number of nitrogens with zero attached hydrogens (tertiary/aromatic N) is 5. The number of benzene rings is 1. The van der Waals surface area contributed by atoms with Gasteiger partial charge in [-0.05, 0) is 67.6 Å². The molecular formula is C24H32IN7. The average molecular weight is 545 g/mol. The van der Waals surface area contributed by atoms with Crippen LogP contribution in [0, 0.1) is 0 Å². The highest BCUT2D eigenvalue weighted by atomic mass is 127. The van der Waals surface area contributed by atoms with Crippen LogP contribution in [0.1, 0.15) is 30.9 Å². The number of nitrogens with one attached hydrogen (secondary N) is 2. The Morgan fingerprint density at radius 2 is 1.84 bits per heavy atom. The molecule has 0 bridgehead atoms. The van der Waals surface area contributed by atoms with Crippen LogP contribution in [0.5, 0.6) is 0 Å². The summed E-state index contributed by atoms with van der Waals surface area (Å²) in [4.78, 5) is 11.7. The van der Waals surface area contributed by atoms with E-state index in [1.165, 1.54) is 24.0 Å². The van der Waals surface area contributed by atoms with Gasteiger partial charge in [-0.2, -0.15) is 5.10 Å². The zero-order valence-electron chi connectivity index (χ0n) is 18.6. The third-order valence-electron chi connectivity index (χ3n) is 5.42. The number of halogens is 1. The van der Waals surface area contributed by atoms with Gasteiger partial charge in [0.25, 0.3) is 0 Å². The van der Waals surface area contributed by atoms with E-state index in [1.54, 1.807) is 6.20 Å². The highest BCUT2D eigenvalue weighted by Crippen LogP contribution is 2.18. The molecule has 3 heterocycles. The Morgan fingerprint density at radius 1 is 1.03 bits per heavy atom. The number of aliphatic imine (C=N–C) groups is 1. The van der Waals surface area contributed by atoms with Gasteiger partial charge in [0.2, 0.25) is 0 Å². The summed E-state index contributed by atoms with van der Waals surface area (Å²) in [5.41, 5.74) is 3.54. The van der Waals surface area contributed by atoms with E-state index in [-0.39, 0.29) is 24.0 Å². The molecule has 2 aromatic heterocycles. The highest BCUT2D eigenvalue weighted by Gasteiger charge is 2.13. The number of guanidine groups is 1. The van der Waals surface area contributed by atoms with Crippen LogP contribution in [0.15, 0.2) is 66.0 Å². The lowest BCUT2D eigenvalue weighted by Gasteiger charge is -2.16. The van der Waals surface area contributed by atoms with Crippen LogP contribution in [0.4, 0.5) is 5.82 Å². The fourth-order valence-electron chi connectivity index (χ4n) is 3.75. The third kappa shape index (κ3) is 6.69. The molecule has 0 spiro atoms. The number of rotatable bonds is 8. The van der Waals surface area contributed by atoms with Crippen LogP contribution in [0.2, 0.25) is 0 Å². The Morgan fingerprint density at radius 3 is 2.56 bits per heavy atom. The van der Waals surface area contributed by atoms with Crippen molar-refractivity contribution < 1.29 is 0 Å². The van der Waals surface area contributed by atoms with Crippen LogP contribution >= 0.6 is 24.0 Å². The van der Waals surface area contributed by atoms with Gasteiger partial charge >= 0.3 is 0 Å². The van der Waals surface area contributed by atoms with Gasteiger partial charge in [-0.1, -0.05) is 12.1 Å². The van der Waals surface area contributed by atoms with Crippen LogP contribution < -0.4 is 15.5 Å². The monoisotopic (exact) mass is 545 g/mol. The highest BCUT2D eigenvalue weighted by molar-refractivity contribution is 14.0. The molecule has 1 saturated heterocycles. The van der Waals surface area contributed by atoms with Gasteiger partial charge in [-0.3, -0.25) is 0 Å². The number of hydrogen-bond acceptors (Lipinski definition) is 4. The predicted molar refractivity (Wildman–Crippen MR) is 141 cm³/mol. The third-order valence-corrected chi connectivity index (χ3v) is 5.42. The maximum absolute atomic E-state index is 4.77. The Hall–Kier alpha value is -2.62. The van der Waals surface area contributed by atoms with Crippen LogP contribution in [-0.4, -0.2) is 46.9 Å². The van der Waals surface area contributed by atoms with Crippen molar-refractivity contribution >= 4 is 35.8 Å². The van der Waals surface area contributed by atoms with Crippen molar-refractivity contribution in [1.82, 2.24) is 25.4 Å². The van der Waals surface area contributed by atoms with E-state index in [9.17, 15) is 0 Å². The first-order valence-electron chi connectivity index (χ1n) is 11.1. The lowest BCUT2D eigenvalue weighted by atomic mass is 10.1. The molecule has 0 aliphatic carbocycles. The first-order valence-corrected chi connectivity index (χ1v) is 11.1. The second kappa shape index (κ2) is 12.4. The first-order chi connectivity index (χ1) is 15.3. The molecule has 4 rings (SSSR count). The lowest BCUT2D eigenvalue weighted by Crippen LogP contribution is -2.38. The van der Waals surface area contributed by atoms with Crippen molar-refractivity contribution in [3.05, 3.63) is 72.2 Å². The van der Waals surface area contributed by atoms with Crippen LogP contribution in [0.25, 0.3) is 5.69 Å². The molecule has 1 aliphatic heterocycles. The Labute approximate surface area is 207 Å². The lowest BCUT2D eigenvalue weighted by molar-refractivity contribution is 0.798. The molecule has 0 atom stereocenters. The first kappa shape index (κ1) is 24.0. The molecule has 0 unspecified atom stereocenters. The predicted octanol–water partition coefficient (Wildman–Crippen LogP) is 3.78. The van der Waals surface area contributed by atoms with E-state index in [4.69, 9.17) is 4.99 Å². The van der Waals surface area contributed by atoms with Crippen molar-refractivity contribution in [3.8, 4) is 5.69 Å². The summed E-state index contributed by atoms with van der Waals surface area (Å²) in [6.45, 7) is 6.59. The summed E-state index contributed by atoms with van der Waals surface area (Å²) < 4.78 is 1.87. The fourth-order valence-corrected chi connectivity index (χ4v) is 3.75. The van der Waals surface area contributed by atoms with Gasteiger partial charge in [-0.15, -0.1) is 24.0 Å². The average Bonchev–Trinajstić information content (AvgIpc) is 3.53. The number of pyridine rings is 1. The second-order valence-electron chi connectivity index (χ2n) is 7.71. The summed E-state index contributed by atoms with van der Waals surface area (Å²) in [6.07, 6.45) is 9.07. The van der Waals surface area contributed by atoms with E-state index in [0.717, 1.165) is 50.1 Å². The maximum Gasteiger partial charge on any atom is 0.191 e. The van der Waals surface area contributed by atoms with E-state index >= 15 is 0 Å². The van der Waals surface area contributed by atoms with Crippen LogP contribution in [0.3, 0.4) is 0 Å². The Kier molecular flexibility index (Phi) is 9.33. The SMILES string of the molecule is CCNC(=NCc1ccnc(N2CCCC2)c1)NCCc1ccc(-n2cccn2)cc1.I. The normalized spacial score (nSPS) is 13.7. The minimum absolute atomic E-state index is 0. The molecule has 1 fully saturated rings. The quantitative estimate of drug-likeness (QED) is 0.256. The maximum atomic E-state index is 4.77. The molecule has 1 aliphatic rings. The molecule has 3 aromatic rings. The van der Waals surface area contributed by atoms with Crippen LogP contribution in [-0.2, 0) is 13.0 Å². The largest absolute Gasteiger partial charge is 0.357 e. The van der Waals surface area contributed by atoms with Gasteiger partial charge in [0.05, 0.1) is 12.2 Å². The van der Waals surface area contributed by atoms with Gasteiger partial charge in [0.15, 0.2) is 5.96 Å². The molecule has 0 radical (unpaired) electrons. The molecule has 8 heteroatoms. The van der Waals surface area contributed by atoms with Crippen molar-refractivity contribution in [2.75, 3.05) is 31.1 Å². The van der Waals surface area contributed by atoms with E-state index in [2.05, 4.69) is 62.9 Å². The molecule has 32 heavy (non-hydrogen) atoms. The number of hydrogen-bond donors (Lipinski definition) is 2. The topological polar surface area (TPSA) is 70.4 Å². The molecule has 7 nitrogen and oxygen atoms in total. The minimum atomic E-state index is 0. The Bertz CT molecular complexity index is 964. The van der Waals surface area contributed by atoms with E-state index in [1.807, 2.05) is 29.2 Å². The number of aromatic nitrogens is 3. The molecule has 1 aromatic carbocycles. The molecule has 170 valence electrons. The minimum Gasteiger partial charge on any atom is -0.357 e. The fraction of sp³-hybridized carbons (Fsp3) is 0.375. The van der Waals surface area contributed by atoms with E-state index in [0.29, 0.717) is 6.54 Å². The van der Waals surface area contributed by atoms with Gasteiger partial charge in [0, 0.05) is 44.8 Å².